The summed E-state index contributed by atoms with van der Waals surface area (Å²) in [5.74, 6) is -0.404. The van der Waals surface area contributed by atoms with Crippen LogP contribution in [0.25, 0.3) is 11.0 Å². The minimum absolute atomic E-state index is 0.0282. The lowest BCUT2D eigenvalue weighted by molar-refractivity contribution is 0.0928. The van der Waals surface area contributed by atoms with Crippen molar-refractivity contribution in [2.24, 2.45) is 0 Å². The van der Waals surface area contributed by atoms with Gasteiger partial charge in [-0.3, -0.25) is 14.4 Å². The predicted molar refractivity (Wildman–Crippen MR) is 133 cm³/mol. The van der Waals surface area contributed by atoms with E-state index in [9.17, 15) is 14.4 Å². The van der Waals surface area contributed by atoms with Gasteiger partial charge in [0, 0.05) is 32.1 Å². The molecule has 0 spiro atoms. The SMILES string of the molecule is COCCn1cc(C(=O)NCc2nc3ccccc3[nH]2)c(=O)c(C(=O)NC2CCCCCCC2)c1. The molecule has 3 N–H and O–H groups in total. The Morgan fingerprint density at radius 1 is 1.06 bits per heavy atom. The number of H-pyrrole nitrogens is 1. The summed E-state index contributed by atoms with van der Waals surface area (Å²) in [7, 11) is 1.58. The number of amides is 2. The molecule has 1 aromatic carbocycles. The van der Waals surface area contributed by atoms with Gasteiger partial charge in [-0.25, -0.2) is 4.98 Å². The number of benzene rings is 1. The number of aromatic nitrogens is 3. The zero-order valence-electron chi connectivity index (χ0n) is 20.1. The van der Waals surface area contributed by atoms with Crippen LogP contribution in [0, 0.1) is 0 Å². The van der Waals surface area contributed by atoms with Crippen LogP contribution >= 0.6 is 0 Å². The summed E-state index contributed by atoms with van der Waals surface area (Å²) in [6, 6.07) is 7.61. The van der Waals surface area contributed by atoms with E-state index in [4.69, 9.17) is 4.74 Å². The van der Waals surface area contributed by atoms with Gasteiger partial charge in [0.1, 0.15) is 17.0 Å². The quantitative estimate of drug-likeness (QED) is 0.459. The molecule has 0 aliphatic heterocycles. The Hall–Kier alpha value is -3.46. The van der Waals surface area contributed by atoms with Crippen LogP contribution in [-0.4, -0.2) is 46.1 Å². The molecule has 1 saturated carbocycles. The Labute approximate surface area is 204 Å². The molecule has 0 saturated heterocycles. The number of hydrogen-bond acceptors (Lipinski definition) is 5. The first-order valence-electron chi connectivity index (χ1n) is 12.3. The second-order valence-corrected chi connectivity index (χ2v) is 9.04. The fraction of sp³-hybridized carbons (Fsp3) is 0.462. The van der Waals surface area contributed by atoms with Crippen molar-refractivity contribution in [3.8, 4) is 0 Å². The van der Waals surface area contributed by atoms with Crippen molar-refractivity contribution in [2.75, 3.05) is 13.7 Å². The van der Waals surface area contributed by atoms with Crippen molar-refractivity contribution >= 4 is 22.8 Å². The Morgan fingerprint density at radius 3 is 2.46 bits per heavy atom. The van der Waals surface area contributed by atoms with Crippen molar-refractivity contribution in [1.29, 1.82) is 0 Å². The third-order valence-corrected chi connectivity index (χ3v) is 6.42. The molecule has 4 rings (SSSR count). The Kier molecular flexibility index (Phi) is 8.31. The van der Waals surface area contributed by atoms with Gasteiger partial charge in [-0.1, -0.05) is 44.2 Å². The summed E-state index contributed by atoms with van der Waals surface area (Å²) in [6.45, 7) is 0.917. The highest BCUT2D eigenvalue weighted by Gasteiger charge is 2.22. The van der Waals surface area contributed by atoms with Gasteiger partial charge >= 0.3 is 0 Å². The second kappa shape index (κ2) is 11.8. The average molecular weight is 480 g/mol. The molecule has 2 heterocycles. The number of methoxy groups -OCH3 is 1. The van der Waals surface area contributed by atoms with Crippen LogP contribution in [-0.2, 0) is 17.8 Å². The highest BCUT2D eigenvalue weighted by Crippen LogP contribution is 2.17. The number of aromatic amines is 1. The lowest BCUT2D eigenvalue weighted by Crippen LogP contribution is -2.40. The van der Waals surface area contributed by atoms with E-state index in [0.717, 1.165) is 49.6 Å². The van der Waals surface area contributed by atoms with Crippen LogP contribution < -0.4 is 16.1 Å². The standard InChI is InChI=1S/C26H33N5O4/c1-35-14-13-31-16-19(25(33)27-15-23-29-21-11-7-8-12-22(21)30-23)24(32)20(17-31)26(34)28-18-9-5-3-2-4-6-10-18/h7-8,11-12,16-18H,2-6,9-10,13-15H2,1H3,(H,27,33)(H,28,34)(H,29,30). The highest BCUT2D eigenvalue weighted by atomic mass is 16.5. The number of ether oxygens (including phenoxy) is 1. The first kappa shape index (κ1) is 24.7. The molecule has 0 radical (unpaired) electrons. The van der Waals surface area contributed by atoms with Crippen LogP contribution in [0.3, 0.4) is 0 Å². The molecule has 1 fully saturated rings. The van der Waals surface area contributed by atoms with Gasteiger partial charge in [-0.15, -0.1) is 0 Å². The molecule has 186 valence electrons. The van der Waals surface area contributed by atoms with Crippen molar-refractivity contribution in [2.45, 2.75) is 64.1 Å². The smallest absolute Gasteiger partial charge is 0.257 e. The Bertz CT molecular complexity index is 1190. The van der Waals surface area contributed by atoms with Gasteiger partial charge in [0.05, 0.1) is 24.2 Å². The van der Waals surface area contributed by atoms with Gasteiger partial charge in [-0.2, -0.15) is 0 Å². The number of carbonyl (C=O) groups excluding carboxylic acids is 2. The third kappa shape index (κ3) is 6.36. The summed E-state index contributed by atoms with van der Waals surface area (Å²) in [5.41, 5.74) is 0.976. The van der Waals surface area contributed by atoms with E-state index in [1.54, 1.807) is 11.7 Å². The van der Waals surface area contributed by atoms with Gasteiger partial charge in [0.25, 0.3) is 11.8 Å². The second-order valence-electron chi connectivity index (χ2n) is 9.04. The maximum atomic E-state index is 13.2. The molecule has 2 amide bonds. The molecule has 2 aromatic heterocycles. The lowest BCUT2D eigenvalue weighted by atomic mass is 9.96. The Morgan fingerprint density at radius 2 is 1.74 bits per heavy atom. The molecule has 9 heteroatoms. The van der Waals surface area contributed by atoms with Crippen molar-refractivity contribution in [3.63, 3.8) is 0 Å². The lowest BCUT2D eigenvalue weighted by Gasteiger charge is -2.21. The molecule has 0 bridgehead atoms. The number of carbonyl (C=O) groups is 2. The van der Waals surface area contributed by atoms with Crippen molar-refractivity contribution in [1.82, 2.24) is 25.2 Å². The number of hydrogen-bond donors (Lipinski definition) is 3. The van der Waals surface area contributed by atoms with Gasteiger partial charge in [0.2, 0.25) is 5.43 Å². The summed E-state index contributed by atoms with van der Waals surface area (Å²) in [4.78, 5) is 46.9. The zero-order chi connectivity index (χ0) is 24.6. The molecule has 1 aliphatic carbocycles. The van der Waals surface area contributed by atoms with E-state index in [2.05, 4.69) is 20.6 Å². The maximum absolute atomic E-state index is 13.2. The molecule has 9 nitrogen and oxygen atoms in total. The number of imidazole rings is 1. The van der Waals surface area contributed by atoms with Crippen LogP contribution in [0.2, 0.25) is 0 Å². The highest BCUT2D eigenvalue weighted by molar-refractivity contribution is 5.99. The van der Waals surface area contributed by atoms with Crippen molar-refractivity contribution < 1.29 is 14.3 Å². The zero-order valence-corrected chi connectivity index (χ0v) is 20.1. The van der Waals surface area contributed by atoms with Crippen LogP contribution in [0.15, 0.2) is 41.5 Å². The molecule has 0 unspecified atom stereocenters. The number of nitrogens with one attached hydrogen (secondary N) is 3. The van der Waals surface area contributed by atoms with Gasteiger partial charge in [-0.05, 0) is 25.0 Å². The predicted octanol–water partition coefficient (Wildman–Crippen LogP) is 3.14. The summed E-state index contributed by atoms with van der Waals surface area (Å²) in [5, 5.41) is 5.79. The first-order chi connectivity index (χ1) is 17.0. The molecular formula is C26H33N5O4. The van der Waals surface area contributed by atoms with E-state index in [1.165, 1.54) is 18.8 Å². The first-order valence-corrected chi connectivity index (χ1v) is 12.3. The van der Waals surface area contributed by atoms with Crippen molar-refractivity contribution in [3.05, 3.63) is 63.8 Å². The fourth-order valence-corrected chi connectivity index (χ4v) is 4.49. The van der Waals surface area contributed by atoms with E-state index < -0.39 is 17.2 Å². The minimum atomic E-state index is -0.580. The summed E-state index contributed by atoms with van der Waals surface area (Å²) < 4.78 is 6.81. The number of para-hydroxylation sites is 2. The molecule has 3 aromatic rings. The number of nitrogens with zero attached hydrogens (tertiary/aromatic N) is 2. The topological polar surface area (TPSA) is 118 Å². The summed E-state index contributed by atoms with van der Waals surface area (Å²) >= 11 is 0. The van der Waals surface area contributed by atoms with E-state index in [-0.39, 0.29) is 23.7 Å². The van der Waals surface area contributed by atoms with Gasteiger partial charge < -0.3 is 24.9 Å². The Balaban J connectivity index is 1.52. The molecule has 35 heavy (non-hydrogen) atoms. The monoisotopic (exact) mass is 479 g/mol. The molecule has 0 atom stereocenters. The molecular weight excluding hydrogens is 446 g/mol. The number of fused-ring (bicyclic) bond motifs is 1. The largest absolute Gasteiger partial charge is 0.383 e. The van der Waals surface area contributed by atoms with E-state index >= 15 is 0 Å². The number of pyridine rings is 1. The number of rotatable bonds is 8. The normalized spacial score (nSPS) is 14.9. The summed E-state index contributed by atoms with van der Waals surface area (Å²) in [6.07, 6.45) is 10.5. The fourth-order valence-electron chi connectivity index (χ4n) is 4.49. The van der Waals surface area contributed by atoms with E-state index in [0.29, 0.717) is 19.0 Å². The van der Waals surface area contributed by atoms with Crippen LogP contribution in [0.5, 0.6) is 0 Å². The molecule has 1 aliphatic rings. The minimum Gasteiger partial charge on any atom is -0.383 e. The average Bonchev–Trinajstić information content (AvgIpc) is 3.26. The van der Waals surface area contributed by atoms with Crippen LogP contribution in [0.4, 0.5) is 0 Å². The van der Waals surface area contributed by atoms with E-state index in [1.807, 2.05) is 24.3 Å². The van der Waals surface area contributed by atoms with Crippen LogP contribution in [0.1, 0.15) is 71.5 Å². The maximum Gasteiger partial charge on any atom is 0.257 e. The third-order valence-electron chi connectivity index (χ3n) is 6.42. The van der Waals surface area contributed by atoms with Gasteiger partial charge in [0.15, 0.2) is 0 Å².